The van der Waals surface area contributed by atoms with Gasteiger partial charge in [-0.1, -0.05) is 48.5 Å². The van der Waals surface area contributed by atoms with Crippen LogP contribution in [0.1, 0.15) is 18.1 Å². The Morgan fingerprint density at radius 2 is 1.68 bits per heavy atom. The molecule has 4 nitrogen and oxygen atoms in total. The molecule has 0 radical (unpaired) electrons. The SMILES string of the molecule is Cc1ccccc1S(=O)(=O)NCC(C)OCc1ccccc1. The van der Waals surface area contributed by atoms with Gasteiger partial charge >= 0.3 is 0 Å². The monoisotopic (exact) mass is 319 g/mol. The molecule has 118 valence electrons. The first-order valence-electron chi connectivity index (χ1n) is 7.20. The quantitative estimate of drug-likeness (QED) is 0.854. The van der Waals surface area contributed by atoms with Gasteiger partial charge in [-0.25, -0.2) is 13.1 Å². The molecule has 2 aromatic rings. The van der Waals surface area contributed by atoms with E-state index in [1.54, 1.807) is 25.1 Å². The van der Waals surface area contributed by atoms with E-state index >= 15 is 0 Å². The number of hydrogen-bond donors (Lipinski definition) is 1. The minimum atomic E-state index is -3.50. The van der Waals surface area contributed by atoms with Gasteiger partial charge in [0.15, 0.2) is 0 Å². The lowest BCUT2D eigenvalue weighted by Gasteiger charge is -2.15. The molecule has 0 aliphatic rings. The van der Waals surface area contributed by atoms with E-state index in [0.29, 0.717) is 11.5 Å². The Balaban J connectivity index is 1.88. The summed E-state index contributed by atoms with van der Waals surface area (Å²) in [5, 5.41) is 0. The van der Waals surface area contributed by atoms with Crippen LogP contribution in [-0.4, -0.2) is 21.1 Å². The normalized spacial score (nSPS) is 13.0. The van der Waals surface area contributed by atoms with E-state index in [4.69, 9.17) is 4.74 Å². The second-order valence-corrected chi connectivity index (χ2v) is 6.96. The zero-order valence-corrected chi connectivity index (χ0v) is 13.6. The first-order chi connectivity index (χ1) is 10.5. The van der Waals surface area contributed by atoms with Gasteiger partial charge in [0.25, 0.3) is 0 Å². The Bertz CT molecular complexity index is 699. The van der Waals surface area contributed by atoms with E-state index in [2.05, 4.69) is 4.72 Å². The Labute approximate surface area is 132 Å². The number of sulfonamides is 1. The zero-order valence-electron chi connectivity index (χ0n) is 12.8. The highest BCUT2D eigenvalue weighted by molar-refractivity contribution is 7.89. The summed E-state index contributed by atoms with van der Waals surface area (Å²) in [6, 6.07) is 16.7. The van der Waals surface area contributed by atoms with Crippen LogP contribution < -0.4 is 4.72 Å². The smallest absolute Gasteiger partial charge is 0.240 e. The van der Waals surface area contributed by atoms with Gasteiger partial charge in [-0.05, 0) is 31.0 Å². The summed E-state index contributed by atoms with van der Waals surface area (Å²) in [6.45, 7) is 4.34. The molecule has 2 aromatic carbocycles. The van der Waals surface area contributed by atoms with Crippen molar-refractivity contribution in [2.24, 2.45) is 0 Å². The molecular formula is C17H21NO3S. The average molecular weight is 319 g/mol. The van der Waals surface area contributed by atoms with Gasteiger partial charge < -0.3 is 4.74 Å². The third kappa shape index (κ3) is 4.66. The van der Waals surface area contributed by atoms with E-state index in [0.717, 1.165) is 11.1 Å². The highest BCUT2D eigenvalue weighted by Gasteiger charge is 2.17. The molecule has 22 heavy (non-hydrogen) atoms. The maximum atomic E-state index is 12.3. The van der Waals surface area contributed by atoms with Gasteiger partial charge in [-0.15, -0.1) is 0 Å². The molecule has 5 heteroatoms. The second-order valence-electron chi connectivity index (χ2n) is 5.22. The van der Waals surface area contributed by atoms with Crippen LogP contribution in [0, 0.1) is 6.92 Å². The molecule has 2 rings (SSSR count). The number of nitrogens with one attached hydrogen (secondary N) is 1. The van der Waals surface area contributed by atoms with Crippen LogP contribution in [0.25, 0.3) is 0 Å². The molecule has 1 N–H and O–H groups in total. The lowest BCUT2D eigenvalue weighted by Crippen LogP contribution is -2.32. The Hall–Kier alpha value is -1.69. The van der Waals surface area contributed by atoms with E-state index in [1.807, 2.05) is 43.3 Å². The third-order valence-corrected chi connectivity index (χ3v) is 4.91. The number of aryl methyl sites for hydroxylation is 1. The summed E-state index contributed by atoms with van der Waals surface area (Å²) in [5.74, 6) is 0. The molecule has 0 heterocycles. The van der Waals surface area contributed by atoms with E-state index in [1.165, 1.54) is 0 Å². The summed E-state index contributed by atoms with van der Waals surface area (Å²) in [5.41, 5.74) is 1.80. The maximum Gasteiger partial charge on any atom is 0.240 e. The molecule has 1 atom stereocenters. The Morgan fingerprint density at radius 3 is 2.36 bits per heavy atom. The Kier molecular flexibility index (Phi) is 5.71. The molecular weight excluding hydrogens is 298 g/mol. The van der Waals surface area contributed by atoms with Crippen LogP contribution in [0.2, 0.25) is 0 Å². The van der Waals surface area contributed by atoms with Crippen molar-refractivity contribution in [3.05, 3.63) is 65.7 Å². The standard InChI is InChI=1S/C17H21NO3S/c1-14-8-6-7-11-17(14)22(19,20)18-12-15(2)21-13-16-9-4-3-5-10-16/h3-11,15,18H,12-13H2,1-2H3. The molecule has 0 fully saturated rings. The fourth-order valence-electron chi connectivity index (χ4n) is 2.03. The molecule has 0 saturated heterocycles. The lowest BCUT2D eigenvalue weighted by molar-refractivity contribution is 0.0566. The molecule has 0 saturated carbocycles. The van der Waals surface area contributed by atoms with Crippen LogP contribution in [0.3, 0.4) is 0 Å². The summed E-state index contributed by atoms with van der Waals surface area (Å²) >= 11 is 0. The summed E-state index contributed by atoms with van der Waals surface area (Å²) in [7, 11) is -3.50. The van der Waals surface area contributed by atoms with Gasteiger partial charge in [-0.3, -0.25) is 0 Å². The number of rotatable bonds is 7. The minimum Gasteiger partial charge on any atom is -0.372 e. The summed E-state index contributed by atoms with van der Waals surface area (Å²) < 4.78 is 32.8. The Morgan fingerprint density at radius 1 is 1.05 bits per heavy atom. The number of benzene rings is 2. The molecule has 1 unspecified atom stereocenters. The van der Waals surface area contributed by atoms with Crippen molar-refractivity contribution in [2.45, 2.75) is 31.5 Å². The van der Waals surface area contributed by atoms with Gasteiger partial charge in [0.05, 0.1) is 17.6 Å². The van der Waals surface area contributed by atoms with Gasteiger partial charge in [0.1, 0.15) is 0 Å². The second kappa shape index (κ2) is 7.54. The van der Waals surface area contributed by atoms with E-state index in [-0.39, 0.29) is 12.6 Å². The first kappa shape index (κ1) is 16.7. The predicted octanol–water partition coefficient (Wildman–Crippen LogP) is 2.88. The highest BCUT2D eigenvalue weighted by atomic mass is 32.2. The van der Waals surface area contributed by atoms with Crippen molar-refractivity contribution in [2.75, 3.05) is 6.54 Å². The van der Waals surface area contributed by atoms with Crippen molar-refractivity contribution in [3.63, 3.8) is 0 Å². The number of hydrogen-bond acceptors (Lipinski definition) is 3. The minimum absolute atomic E-state index is 0.209. The van der Waals surface area contributed by atoms with Crippen LogP contribution in [-0.2, 0) is 21.4 Å². The molecule has 0 spiro atoms. The zero-order chi connectivity index (χ0) is 16.0. The van der Waals surface area contributed by atoms with Crippen molar-refractivity contribution < 1.29 is 13.2 Å². The topological polar surface area (TPSA) is 55.4 Å². The van der Waals surface area contributed by atoms with Gasteiger partial charge in [0.2, 0.25) is 10.0 Å². The lowest BCUT2D eigenvalue weighted by atomic mass is 10.2. The van der Waals surface area contributed by atoms with Crippen LogP contribution in [0.15, 0.2) is 59.5 Å². The van der Waals surface area contributed by atoms with E-state index < -0.39 is 10.0 Å². The van der Waals surface area contributed by atoms with Crippen LogP contribution in [0.4, 0.5) is 0 Å². The average Bonchev–Trinajstić information content (AvgIpc) is 2.52. The third-order valence-electron chi connectivity index (χ3n) is 3.32. The van der Waals surface area contributed by atoms with E-state index in [9.17, 15) is 8.42 Å². The fraction of sp³-hybridized carbons (Fsp3) is 0.294. The van der Waals surface area contributed by atoms with Crippen molar-refractivity contribution >= 4 is 10.0 Å². The molecule has 0 amide bonds. The predicted molar refractivity (Wildman–Crippen MR) is 87.1 cm³/mol. The molecule has 0 aliphatic carbocycles. The number of ether oxygens (including phenoxy) is 1. The molecule has 0 aromatic heterocycles. The van der Waals surface area contributed by atoms with Crippen LogP contribution >= 0.6 is 0 Å². The van der Waals surface area contributed by atoms with Gasteiger partial charge in [-0.2, -0.15) is 0 Å². The fourth-order valence-corrected chi connectivity index (χ4v) is 3.39. The first-order valence-corrected chi connectivity index (χ1v) is 8.68. The molecule has 0 aliphatic heterocycles. The highest BCUT2D eigenvalue weighted by Crippen LogP contribution is 2.13. The van der Waals surface area contributed by atoms with Crippen LogP contribution in [0.5, 0.6) is 0 Å². The summed E-state index contributed by atoms with van der Waals surface area (Å²) in [4.78, 5) is 0.310. The maximum absolute atomic E-state index is 12.3. The van der Waals surface area contributed by atoms with Gasteiger partial charge in [0, 0.05) is 6.54 Å². The van der Waals surface area contributed by atoms with Crippen molar-refractivity contribution in [1.82, 2.24) is 4.72 Å². The van der Waals surface area contributed by atoms with Crippen molar-refractivity contribution in [3.8, 4) is 0 Å². The largest absolute Gasteiger partial charge is 0.372 e. The molecule has 0 bridgehead atoms. The van der Waals surface area contributed by atoms with Crippen molar-refractivity contribution in [1.29, 1.82) is 0 Å². The summed E-state index contributed by atoms with van der Waals surface area (Å²) in [6.07, 6.45) is -0.209.